The molecule has 0 saturated heterocycles. The van der Waals surface area contributed by atoms with E-state index in [1.54, 1.807) is 44.5 Å². The van der Waals surface area contributed by atoms with Crippen LogP contribution in [0.15, 0.2) is 52.3 Å². The zero-order chi connectivity index (χ0) is 26.3. The number of carbonyl (C=O) groups is 2. The van der Waals surface area contributed by atoms with Crippen molar-refractivity contribution in [2.45, 2.75) is 51.8 Å². The largest absolute Gasteiger partial charge is 0.444 e. The summed E-state index contributed by atoms with van der Waals surface area (Å²) < 4.78 is 35.9. The highest BCUT2D eigenvalue weighted by molar-refractivity contribution is 9.10. The first-order chi connectivity index (χ1) is 16.8. The number of aromatic nitrogens is 3. The molecule has 0 saturated carbocycles. The first-order valence-electron chi connectivity index (χ1n) is 11.1. The third kappa shape index (κ3) is 5.67. The Balaban J connectivity index is 1.68. The Bertz CT molecular complexity index is 1370. The number of ketones is 1. The van der Waals surface area contributed by atoms with Gasteiger partial charge in [-0.3, -0.25) is 20.1 Å². The lowest BCUT2D eigenvalue weighted by atomic mass is 9.88. The summed E-state index contributed by atoms with van der Waals surface area (Å²) in [6.07, 6.45) is 1.91. The van der Waals surface area contributed by atoms with Crippen LogP contribution in [0, 0.1) is 11.6 Å². The normalized spacial score (nSPS) is 17.2. The van der Waals surface area contributed by atoms with Crippen molar-refractivity contribution >= 4 is 33.6 Å². The quantitative estimate of drug-likeness (QED) is 0.456. The summed E-state index contributed by atoms with van der Waals surface area (Å²) in [5, 5.41) is 2.63. The van der Waals surface area contributed by atoms with E-state index in [0.29, 0.717) is 16.0 Å². The van der Waals surface area contributed by atoms with E-state index in [1.165, 1.54) is 18.2 Å². The summed E-state index contributed by atoms with van der Waals surface area (Å²) in [6.45, 7) is 7.17. The Morgan fingerprint density at radius 3 is 2.64 bits per heavy atom. The van der Waals surface area contributed by atoms with Crippen LogP contribution < -0.4 is 5.32 Å². The van der Waals surface area contributed by atoms with Crippen molar-refractivity contribution in [3.63, 3.8) is 0 Å². The number of rotatable bonds is 4. The number of benzene rings is 1. The molecule has 1 N–H and O–H groups in total. The molecule has 0 radical (unpaired) electrons. The molecule has 0 fully saturated rings. The minimum absolute atomic E-state index is 0.0589. The van der Waals surface area contributed by atoms with Crippen LogP contribution >= 0.6 is 15.9 Å². The van der Waals surface area contributed by atoms with Crippen molar-refractivity contribution in [1.29, 1.82) is 0 Å². The number of carbonyl (C=O) groups excluding carboxylic acids is 2. The maximum absolute atomic E-state index is 15.1. The van der Waals surface area contributed by atoms with E-state index in [4.69, 9.17) is 4.74 Å². The lowest BCUT2D eigenvalue weighted by Crippen LogP contribution is -2.43. The number of alkyl carbamates (subject to hydrolysis) is 1. The van der Waals surface area contributed by atoms with E-state index in [9.17, 15) is 14.0 Å². The summed E-state index contributed by atoms with van der Waals surface area (Å²) in [7, 11) is 0. The van der Waals surface area contributed by atoms with Crippen LogP contribution in [0.4, 0.5) is 13.6 Å². The summed E-state index contributed by atoms with van der Waals surface area (Å²) in [5.41, 5.74) is -0.988. The number of imidazole rings is 1. The molecule has 11 heteroatoms. The monoisotopic (exact) mass is 559 g/mol. The van der Waals surface area contributed by atoms with Gasteiger partial charge in [0.15, 0.2) is 17.4 Å². The van der Waals surface area contributed by atoms with E-state index in [-0.39, 0.29) is 35.8 Å². The van der Waals surface area contributed by atoms with Gasteiger partial charge in [0.25, 0.3) is 0 Å². The number of Topliss-reactive ketones (excluding diaryl/α,β-unsaturated/α-hetero) is 1. The minimum atomic E-state index is -1.14. The molecule has 0 spiro atoms. The number of fused-ring (bicyclic) bond motifs is 1. The maximum atomic E-state index is 15.1. The first kappa shape index (κ1) is 25.6. The van der Waals surface area contributed by atoms with Crippen molar-refractivity contribution in [2.24, 2.45) is 4.99 Å². The van der Waals surface area contributed by atoms with Gasteiger partial charge in [0, 0.05) is 18.2 Å². The second-order valence-corrected chi connectivity index (χ2v) is 10.5. The predicted molar refractivity (Wildman–Crippen MR) is 132 cm³/mol. The molecule has 4 rings (SSSR count). The van der Waals surface area contributed by atoms with Gasteiger partial charge in [-0.1, -0.05) is 6.07 Å². The van der Waals surface area contributed by atoms with Gasteiger partial charge < -0.3 is 9.30 Å². The van der Waals surface area contributed by atoms with Gasteiger partial charge in [0.2, 0.25) is 0 Å². The average molecular weight is 560 g/mol. The van der Waals surface area contributed by atoms with Crippen LogP contribution in [-0.4, -0.2) is 37.8 Å². The number of halogens is 3. The minimum Gasteiger partial charge on any atom is -0.444 e. The van der Waals surface area contributed by atoms with Gasteiger partial charge in [-0.2, -0.15) is 0 Å². The SMILES string of the molecule is CC(C)(C)OC(=O)NC1=NC(C)(c2cc(CC(=O)c3ccc(F)cn3)ccc2F)Cn2cc(Br)nc21. The Morgan fingerprint density at radius 1 is 1.22 bits per heavy atom. The van der Waals surface area contributed by atoms with E-state index < -0.39 is 28.9 Å². The Labute approximate surface area is 214 Å². The van der Waals surface area contributed by atoms with Crippen LogP contribution in [-0.2, 0) is 23.2 Å². The van der Waals surface area contributed by atoms with Crippen molar-refractivity contribution in [3.05, 3.63) is 81.6 Å². The first-order valence-corrected chi connectivity index (χ1v) is 11.9. The third-order valence-corrected chi connectivity index (χ3v) is 5.79. The van der Waals surface area contributed by atoms with Crippen LogP contribution in [0.5, 0.6) is 0 Å². The van der Waals surface area contributed by atoms with E-state index in [1.807, 2.05) is 0 Å². The molecular weight excluding hydrogens is 536 g/mol. The fourth-order valence-corrected chi connectivity index (χ4v) is 4.31. The standard InChI is InChI=1S/C25H24BrF2N5O3/c1-24(2,3)36-23(35)31-21-22-30-20(26)12-33(22)13-25(4,32-21)16-9-14(5-7-17(16)28)10-19(34)18-8-6-15(27)11-29-18/h5-9,11-12H,10,13H2,1-4H3,(H,31,32,35). The molecule has 0 bridgehead atoms. The lowest BCUT2D eigenvalue weighted by Gasteiger charge is -2.32. The van der Waals surface area contributed by atoms with Crippen LogP contribution in [0.3, 0.4) is 0 Å². The van der Waals surface area contributed by atoms with E-state index >= 15 is 4.39 Å². The molecule has 0 aliphatic carbocycles. The lowest BCUT2D eigenvalue weighted by molar-refractivity contribution is 0.0562. The van der Waals surface area contributed by atoms with Gasteiger partial charge in [-0.05, 0) is 73.5 Å². The molecule has 1 aromatic carbocycles. The number of nitrogens with zero attached hydrogens (tertiary/aromatic N) is 4. The Morgan fingerprint density at radius 2 is 1.97 bits per heavy atom. The van der Waals surface area contributed by atoms with E-state index in [0.717, 1.165) is 12.3 Å². The number of pyridine rings is 1. The number of aliphatic imine (C=N–C) groups is 1. The topological polar surface area (TPSA) is 98.5 Å². The highest BCUT2D eigenvalue weighted by atomic mass is 79.9. The molecule has 1 aliphatic rings. The summed E-state index contributed by atoms with van der Waals surface area (Å²) >= 11 is 3.34. The second kappa shape index (κ2) is 9.53. The van der Waals surface area contributed by atoms with Crippen LogP contribution in [0.25, 0.3) is 0 Å². The number of nitrogens with one attached hydrogen (secondary N) is 1. The Kier molecular flexibility index (Phi) is 6.78. The molecule has 3 aromatic rings. The predicted octanol–water partition coefficient (Wildman–Crippen LogP) is 4.94. The fourth-order valence-electron chi connectivity index (χ4n) is 3.90. The highest BCUT2D eigenvalue weighted by Gasteiger charge is 2.37. The molecule has 1 amide bonds. The molecule has 1 aliphatic heterocycles. The molecule has 2 aromatic heterocycles. The van der Waals surface area contributed by atoms with Crippen molar-refractivity contribution in [3.8, 4) is 0 Å². The zero-order valence-corrected chi connectivity index (χ0v) is 21.7. The number of hydrogen-bond donors (Lipinski definition) is 1. The molecule has 1 atom stereocenters. The molecular formula is C25H24BrF2N5O3. The molecule has 3 heterocycles. The van der Waals surface area contributed by atoms with Crippen LogP contribution in [0.2, 0.25) is 0 Å². The van der Waals surface area contributed by atoms with Gasteiger partial charge >= 0.3 is 6.09 Å². The smallest absolute Gasteiger partial charge is 0.413 e. The zero-order valence-electron chi connectivity index (χ0n) is 20.1. The van der Waals surface area contributed by atoms with Crippen molar-refractivity contribution < 1.29 is 23.1 Å². The molecule has 8 nitrogen and oxygen atoms in total. The number of ether oxygens (including phenoxy) is 1. The number of hydrogen-bond acceptors (Lipinski definition) is 6. The number of amidine groups is 1. The fraction of sp³-hybridized carbons (Fsp3) is 0.320. The van der Waals surface area contributed by atoms with Gasteiger partial charge in [-0.25, -0.2) is 18.6 Å². The highest BCUT2D eigenvalue weighted by Crippen LogP contribution is 2.35. The Hall–Kier alpha value is -3.47. The maximum Gasteiger partial charge on any atom is 0.413 e. The van der Waals surface area contributed by atoms with Crippen molar-refractivity contribution in [1.82, 2.24) is 19.9 Å². The van der Waals surface area contributed by atoms with E-state index in [2.05, 4.69) is 36.2 Å². The van der Waals surface area contributed by atoms with Gasteiger partial charge in [0.05, 0.1) is 12.7 Å². The third-order valence-electron chi connectivity index (χ3n) is 5.40. The summed E-state index contributed by atoms with van der Waals surface area (Å²) in [5.74, 6) is -0.881. The molecule has 36 heavy (non-hydrogen) atoms. The summed E-state index contributed by atoms with van der Waals surface area (Å²) in [6, 6.07) is 6.82. The molecule has 188 valence electrons. The molecule has 1 unspecified atom stereocenters. The second-order valence-electron chi connectivity index (χ2n) is 9.65. The van der Waals surface area contributed by atoms with Crippen LogP contribution in [0.1, 0.15) is 55.1 Å². The summed E-state index contributed by atoms with van der Waals surface area (Å²) in [4.78, 5) is 38.0. The van der Waals surface area contributed by atoms with Gasteiger partial charge in [-0.15, -0.1) is 0 Å². The van der Waals surface area contributed by atoms with Gasteiger partial charge in [0.1, 0.15) is 33.1 Å². The van der Waals surface area contributed by atoms with Crippen molar-refractivity contribution in [2.75, 3.05) is 0 Å². The number of amides is 1. The average Bonchev–Trinajstić information content (AvgIpc) is 3.14.